The van der Waals surface area contributed by atoms with Crippen LogP contribution in [0.5, 0.6) is 0 Å². The third-order valence-corrected chi connectivity index (χ3v) is 3.55. The Hall–Kier alpha value is -2.15. The van der Waals surface area contributed by atoms with E-state index in [-0.39, 0.29) is 30.8 Å². The van der Waals surface area contributed by atoms with Gasteiger partial charge in [0, 0.05) is 38.7 Å². The Morgan fingerprint density at radius 2 is 2.19 bits per heavy atom. The lowest BCUT2D eigenvalue weighted by molar-refractivity contribution is -0.122. The fourth-order valence-electron chi connectivity index (χ4n) is 2.39. The van der Waals surface area contributed by atoms with E-state index in [1.54, 1.807) is 19.4 Å². The summed E-state index contributed by atoms with van der Waals surface area (Å²) in [5, 5.41) is 15.2. The Morgan fingerprint density at radius 1 is 1.43 bits per heavy atom. The van der Waals surface area contributed by atoms with E-state index in [0.717, 1.165) is 5.56 Å². The van der Waals surface area contributed by atoms with Crippen molar-refractivity contribution >= 4 is 17.6 Å². The molecule has 0 aliphatic carbocycles. The SMILES string of the molecule is CNC(=O)C[C@@H]1CN(C(=O)Nc2cncc(C)c2)C[C@H]1O. The van der Waals surface area contributed by atoms with E-state index in [4.69, 9.17) is 0 Å². The summed E-state index contributed by atoms with van der Waals surface area (Å²) in [5.41, 5.74) is 1.57. The molecule has 1 aromatic heterocycles. The van der Waals surface area contributed by atoms with E-state index >= 15 is 0 Å². The predicted octanol–water partition coefficient (Wildman–Crippen LogP) is 0.351. The maximum atomic E-state index is 12.1. The van der Waals surface area contributed by atoms with Gasteiger partial charge in [-0.15, -0.1) is 0 Å². The highest BCUT2D eigenvalue weighted by Gasteiger charge is 2.35. The number of carbonyl (C=O) groups excluding carboxylic acids is 2. The van der Waals surface area contributed by atoms with Gasteiger partial charge in [-0.05, 0) is 18.6 Å². The van der Waals surface area contributed by atoms with Crippen molar-refractivity contribution in [1.82, 2.24) is 15.2 Å². The molecule has 2 rings (SSSR count). The number of hydrogen-bond acceptors (Lipinski definition) is 4. The number of carbonyl (C=O) groups is 2. The van der Waals surface area contributed by atoms with E-state index < -0.39 is 6.10 Å². The molecule has 7 heteroatoms. The maximum absolute atomic E-state index is 12.1. The average molecular weight is 292 g/mol. The first-order chi connectivity index (χ1) is 9.99. The van der Waals surface area contributed by atoms with Gasteiger partial charge in [-0.2, -0.15) is 0 Å². The molecule has 0 aromatic carbocycles. The summed E-state index contributed by atoms with van der Waals surface area (Å²) in [5.74, 6) is -0.365. The summed E-state index contributed by atoms with van der Waals surface area (Å²) in [6, 6.07) is 1.53. The van der Waals surface area contributed by atoms with Crippen LogP contribution in [0.2, 0.25) is 0 Å². The molecule has 2 atom stereocenters. The quantitative estimate of drug-likeness (QED) is 0.749. The van der Waals surface area contributed by atoms with Crippen LogP contribution in [0.4, 0.5) is 10.5 Å². The maximum Gasteiger partial charge on any atom is 0.321 e. The molecule has 114 valence electrons. The van der Waals surface area contributed by atoms with Gasteiger partial charge in [0.2, 0.25) is 5.91 Å². The molecule has 1 fully saturated rings. The number of rotatable bonds is 3. The summed E-state index contributed by atoms with van der Waals surface area (Å²) in [6.45, 7) is 2.48. The standard InChI is InChI=1S/C14H20N4O3/c1-9-3-11(6-16-5-9)17-14(21)18-7-10(12(19)8-18)4-13(20)15-2/h3,5-6,10,12,19H,4,7-8H2,1-2H3,(H,15,20)(H,17,21)/t10-,12-/m1/s1. The van der Waals surface area contributed by atoms with Gasteiger partial charge in [-0.25, -0.2) is 4.79 Å². The number of urea groups is 1. The van der Waals surface area contributed by atoms with Crippen molar-refractivity contribution in [1.29, 1.82) is 0 Å². The second-order valence-electron chi connectivity index (χ2n) is 5.29. The second kappa shape index (κ2) is 6.53. The zero-order chi connectivity index (χ0) is 15.4. The lowest BCUT2D eigenvalue weighted by Crippen LogP contribution is -2.33. The number of aryl methyl sites for hydroxylation is 1. The molecule has 0 unspecified atom stereocenters. The highest BCUT2D eigenvalue weighted by Crippen LogP contribution is 2.21. The monoisotopic (exact) mass is 292 g/mol. The first-order valence-corrected chi connectivity index (χ1v) is 6.86. The van der Waals surface area contributed by atoms with Gasteiger partial charge in [-0.1, -0.05) is 0 Å². The number of nitrogens with zero attached hydrogens (tertiary/aromatic N) is 2. The average Bonchev–Trinajstić information content (AvgIpc) is 2.80. The Balaban J connectivity index is 1.93. The van der Waals surface area contributed by atoms with Crippen molar-refractivity contribution in [3.63, 3.8) is 0 Å². The molecule has 0 bridgehead atoms. The summed E-state index contributed by atoms with van der Waals surface area (Å²) >= 11 is 0. The topological polar surface area (TPSA) is 94.6 Å². The smallest absolute Gasteiger partial charge is 0.321 e. The van der Waals surface area contributed by atoms with Crippen LogP contribution in [-0.4, -0.2) is 53.2 Å². The largest absolute Gasteiger partial charge is 0.391 e. The van der Waals surface area contributed by atoms with Crippen molar-refractivity contribution in [2.24, 2.45) is 5.92 Å². The molecule has 1 aromatic rings. The van der Waals surface area contributed by atoms with Gasteiger partial charge in [-0.3, -0.25) is 9.78 Å². The molecule has 7 nitrogen and oxygen atoms in total. The van der Waals surface area contributed by atoms with Crippen LogP contribution in [0, 0.1) is 12.8 Å². The predicted molar refractivity (Wildman–Crippen MR) is 77.7 cm³/mol. The molecule has 1 aliphatic rings. The molecule has 1 saturated heterocycles. The highest BCUT2D eigenvalue weighted by molar-refractivity contribution is 5.89. The minimum Gasteiger partial charge on any atom is -0.391 e. The third-order valence-electron chi connectivity index (χ3n) is 3.55. The minimum absolute atomic E-state index is 0.135. The molecular formula is C14H20N4O3. The van der Waals surface area contributed by atoms with Crippen LogP contribution in [0.25, 0.3) is 0 Å². The van der Waals surface area contributed by atoms with Gasteiger partial charge < -0.3 is 20.6 Å². The number of hydrogen-bond donors (Lipinski definition) is 3. The number of β-amino-alcohol motifs (C(OH)–C–C–N with tert-alkyl or cyclic N) is 1. The zero-order valence-corrected chi connectivity index (χ0v) is 12.2. The van der Waals surface area contributed by atoms with Crippen molar-refractivity contribution in [3.05, 3.63) is 24.0 Å². The van der Waals surface area contributed by atoms with E-state index in [0.29, 0.717) is 12.2 Å². The minimum atomic E-state index is -0.677. The summed E-state index contributed by atoms with van der Waals surface area (Å²) in [7, 11) is 1.55. The lowest BCUT2D eigenvalue weighted by Gasteiger charge is -2.17. The van der Waals surface area contributed by atoms with E-state index in [9.17, 15) is 14.7 Å². The Kier molecular flexibility index (Phi) is 4.74. The Morgan fingerprint density at radius 3 is 2.86 bits per heavy atom. The van der Waals surface area contributed by atoms with E-state index in [1.165, 1.54) is 4.90 Å². The third kappa shape index (κ3) is 3.91. The number of anilines is 1. The van der Waals surface area contributed by atoms with Crippen LogP contribution in [0.15, 0.2) is 18.5 Å². The van der Waals surface area contributed by atoms with Crippen LogP contribution in [0.1, 0.15) is 12.0 Å². The number of nitrogens with one attached hydrogen (secondary N) is 2. The Labute approximate surface area is 123 Å². The molecule has 0 spiro atoms. The van der Waals surface area contributed by atoms with Crippen molar-refractivity contribution in [2.75, 3.05) is 25.5 Å². The molecule has 3 amide bonds. The van der Waals surface area contributed by atoms with Crippen LogP contribution in [0.3, 0.4) is 0 Å². The van der Waals surface area contributed by atoms with Gasteiger partial charge in [0.05, 0.1) is 18.0 Å². The van der Waals surface area contributed by atoms with Gasteiger partial charge in [0.25, 0.3) is 0 Å². The number of aliphatic hydroxyl groups is 1. The molecule has 2 heterocycles. The number of aliphatic hydroxyl groups excluding tert-OH is 1. The number of aromatic nitrogens is 1. The second-order valence-corrected chi connectivity index (χ2v) is 5.29. The van der Waals surface area contributed by atoms with Crippen LogP contribution in [-0.2, 0) is 4.79 Å². The Bertz CT molecular complexity index is 535. The van der Waals surface area contributed by atoms with E-state index in [1.807, 2.05) is 13.0 Å². The number of likely N-dealkylation sites (tertiary alicyclic amines) is 1. The first-order valence-electron chi connectivity index (χ1n) is 6.86. The van der Waals surface area contributed by atoms with Gasteiger partial charge in [0.1, 0.15) is 0 Å². The normalized spacial score (nSPS) is 21.2. The summed E-state index contributed by atoms with van der Waals surface area (Å²) in [4.78, 5) is 29.0. The van der Waals surface area contributed by atoms with Crippen LogP contribution < -0.4 is 10.6 Å². The molecular weight excluding hydrogens is 272 g/mol. The highest BCUT2D eigenvalue weighted by atomic mass is 16.3. The molecule has 1 aliphatic heterocycles. The van der Waals surface area contributed by atoms with Gasteiger partial charge in [0.15, 0.2) is 0 Å². The molecule has 21 heavy (non-hydrogen) atoms. The first kappa shape index (κ1) is 15.2. The summed E-state index contributed by atoms with van der Waals surface area (Å²) in [6.07, 6.45) is 2.81. The summed E-state index contributed by atoms with van der Waals surface area (Å²) < 4.78 is 0. The zero-order valence-electron chi connectivity index (χ0n) is 12.2. The molecule has 3 N–H and O–H groups in total. The van der Waals surface area contributed by atoms with Crippen molar-refractivity contribution in [2.45, 2.75) is 19.4 Å². The fourth-order valence-corrected chi connectivity index (χ4v) is 2.39. The van der Waals surface area contributed by atoms with Crippen molar-refractivity contribution in [3.8, 4) is 0 Å². The fraction of sp³-hybridized carbons (Fsp3) is 0.500. The van der Waals surface area contributed by atoms with E-state index in [2.05, 4.69) is 15.6 Å². The van der Waals surface area contributed by atoms with Gasteiger partial charge >= 0.3 is 6.03 Å². The molecule has 0 saturated carbocycles. The van der Waals surface area contributed by atoms with Crippen molar-refractivity contribution < 1.29 is 14.7 Å². The number of pyridine rings is 1. The lowest BCUT2D eigenvalue weighted by atomic mass is 10.0. The number of amides is 3. The molecule has 0 radical (unpaired) electrons. The van der Waals surface area contributed by atoms with Crippen LogP contribution >= 0.6 is 0 Å².